The second-order valence-electron chi connectivity index (χ2n) is 6.74. The number of halogens is 2. The molecule has 0 aromatic heterocycles. The fourth-order valence-corrected chi connectivity index (χ4v) is 3.38. The molecule has 0 fully saturated rings. The van der Waals surface area contributed by atoms with Gasteiger partial charge in [0.15, 0.2) is 0 Å². The van der Waals surface area contributed by atoms with Crippen molar-refractivity contribution in [2.45, 2.75) is 84.1 Å². The van der Waals surface area contributed by atoms with Crippen molar-refractivity contribution in [3.63, 3.8) is 0 Å². The molecule has 3 nitrogen and oxygen atoms in total. The van der Waals surface area contributed by atoms with E-state index in [-0.39, 0.29) is 0 Å². The molecule has 0 aliphatic rings. The van der Waals surface area contributed by atoms with Crippen LogP contribution in [0.1, 0.15) is 79.1 Å². The quantitative estimate of drug-likeness (QED) is 0.156. The lowest BCUT2D eigenvalue weighted by Gasteiger charge is -2.17. The summed E-state index contributed by atoms with van der Waals surface area (Å²) in [5.41, 5.74) is 0. The fourth-order valence-electron chi connectivity index (χ4n) is 2.10. The third-order valence-corrected chi connectivity index (χ3v) is 5.01. The molecule has 0 rings (SSSR count). The summed E-state index contributed by atoms with van der Waals surface area (Å²) in [4.78, 5) is 0. The molecule has 0 saturated heterocycles. The molecule has 0 aliphatic carbocycles. The Morgan fingerprint density at radius 2 is 1.13 bits per heavy atom. The van der Waals surface area contributed by atoms with E-state index in [1.54, 1.807) is 0 Å². The van der Waals surface area contributed by atoms with E-state index in [2.05, 4.69) is 27.7 Å². The first-order valence-corrected chi connectivity index (χ1v) is 10.9. The average molecular weight is 389 g/mol. The molecule has 0 heterocycles. The highest BCUT2D eigenvalue weighted by Crippen LogP contribution is 2.43. The Labute approximate surface area is 154 Å². The normalized spacial score (nSPS) is 12.3. The summed E-state index contributed by atoms with van der Waals surface area (Å²) >= 11 is 11.3. The maximum Gasteiger partial charge on any atom is 0.335 e. The van der Waals surface area contributed by atoms with Gasteiger partial charge in [-0.1, -0.05) is 89.4 Å². The van der Waals surface area contributed by atoms with Crippen LogP contribution in [0.15, 0.2) is 0 Å². The van der Waals surface area contributed by atoms with E-state index < -0.39 is 13.6 Å². The molecule has 0 aliphatic heterocycles. The van der Waals surface area contributed by atoms with Gasteiger partial charge in [-0.2, -0.15) is 0 Å². The Balaban J connectivity index is 3.68. The molecule has 140 valence electrons. The van der Waals surface area contributed by atoms with Crippen molar-refractivity contribution in [3.05, 3.63) is 0 Å². The number of hydrogen-bond acceptors (Lipinski definition) is 3. The van der Waals surface area contributed by atoms with E-state index in [1.165, 1.54) is 38.5 Å². The maximum atomic E-state index is 5.67. The molecule has 0 aromatic carbocycles. The van der Waals surface area contributed by atoms with Crippen LogP contribution < -0.4 is 0 Å². The average Bonchev–Trinajstić information content (AvgIpc) is 2.44. The summed E-state index contributed by atoms with van der Waals surface area (Å²) in [6.45, 7) is 10.3. The van der Waals surface area contributed by atoms with Gasteiger partial charge in [0.1, 0.15) is 0 Å². The van der Waals surface area contributed by atoms with E-state index in [1.807, 2.05) is 0 Å². The molecule has 0 atom stereocenters. The van der Waals surface area contributed by atoms with Crippen LogP contribution in [0.25, 0.3) is 0 Å². The lowest BCUT2D eigenvalue weighted by atomic mass is 10.1. The van der Waals surface area contributed by atoms with Gasteiger partial charge in [-0.25, -0.2) is 0 Å². The van der Waals surface area contributed by atoms with Crippen LogP contribution in [0.5, 0.6) is 0 Å². The van der Waals surface area contributed by atoms with Crippen LogP contribution in [-0.2, 0) is 13.6 Å². The zero-order valence-electron chi connectivity index (χ0n) is 15.2. The zero-order valence-corrected chi connectivity index (χ0v) is 17.6. The minimum absolute atomic E-state index is 0.637. The van der Waals surface area contributed by atoms with Crippen LogP contribution in [0.3, 0.4) is 0 Å². The SMILES string of the molecule is CC(C)CCCCCOP(OCCCCCC(C)C)OC(Cl)Cl. The minimum atomic E-state index is -1.43. The highest BCUT2D eigenvalue weighted by molar-refractivity contribution is 7.41. The topological polar surface area (TPSA) is 27.7 Å². The van der Waals surface area contributed by atoms with Crippen LogP contribution in [0, 0.1) is 11.8 Å². The lowest BCUT2D eigenvalue weighted by molar-refractivity contribution is 0.162. The van der Waals surface area contributed by atoms with E-state index in [0.29, 0.717) is 13.2 Å². The largest absolute Gasteiger partial charge is 0.335 e. The van der Waals surface area contributed by atoms with Gasteiger partial charge in [0.2, 0.25) is 5.02 Å². The highest BCUT2D eigenvalue weighted by Gasteiger charge is 2.16. The smallest absolute Gasteiger partial charge is 0.312 e. The van der Waals surface area contributed by atoms with Gasteiger partial charge in [0, 0.05) is 0 Å². The fraction of sp³-hybridized carbons (Fsp3) is 1.00. The molecule has 0 saturated carbocycles. The Kier molecular flexibility index (Phi) is 17.0. The van der Waals surface area contributed by atoms with Crippen molar-refractivity contribution in [2.24, 2.45) is 11.8 Å². The van der Waals surface area contributed by atoms with Gasteiger partial charge in [0.25, 0.3) is 0 Å². The van der Waals surface area contributed by atoms with E-state index in [0.717, 1.165) is 24.7 Å². The van der Waals surface area contributed by atoms with Crippen molar-refractivity contribution in [2.75, 3.05) is 13.2 Å². The monoisotopic (exact) mass is 388 g/mol. The van der Waals surface area contributed by atoms with Crippen LogP contribution in [0.2, 0.25) is 0 Å². The van der Waals surface area contributed by atoms with Crippen molar-refractivity contribution in [1.29, 1.82) is 0 Å². The van der Waals surface area contributed by atoms with Crippen LogP contribution in [-0.4, -0.2) is 18.2 Å². The zero-order chi connectivity index (χ0) is 17.5. The van der Waals surface area contributed by atoms with Gasteiger partial charge in [-0.3, -0.25) is 4.52 Å². The van der Waals surface area contributed by atoms with Crippen molar-refractivity contribution in [3.8, 4) is 0 Å². The van der Waals surface area contributed by atoms with E-state index in [9.17, 15) is 0 Å². The second kappa shape index (κ2) is 16.4. The van der Waals surface area contributed by atoms with Gasteiger partial charge >= 0.3 is 8.60 Å². The molecule has 0 N–H and O–H groups in total. The molecule has 6 heteroatoms. The predicted octanol–water partition coefficient (Wildman–Crippen LogP) is 7.46. The Hall–Kier alpha value is 0.890. The summed E-state index contributed by atoms with van der Waals surface area (Å²) < 4.78 is 16.6. The molecule has 0 aromatic rings. The second-order valence-corrected chi connectivity index (χ2v) is 8.93. The van der Waals surface area contributed by atoms with Gasteiger partial charge in [0.05, 0.1) is 13.2 Å². The number of hydrogen-bond donors (Lipinski definition) is 0. The summed E-state index contributed by atoms with van der Waals surface area (Å²) in [7, 11) is -1.43. The maximum absolute atomic E-state index is 5.67. The van der Waals surface area contributed by atoms with Gasteiger partial charge in [-0.15, -0.1) is 0 Å². The van der Waals surface area contributed by atoms with Gasteiger partial charge in [-0.05, 0) is 24.7 Å². The van der Waals surface area contributed by atoms with E-state index >= 15 is 0 Å². The van der Waals surface area contributed by atoms with Crippen LogP contribution >= 0.6 is 31.8 Å². The predicted molar refractivity (Wildman–Crippen MR) is 102 cm³/mol. The summed E-state index contributed by atoms with van der Waals surface area (Å²) in [6, 6.07) is 0. The summed E-state index contributed by atoms with van der Waals surface area (Å²) in [5, 5.41) is -0.900. The van der Waals surface area contributed by atoms with Crippen LogP contribution in [0.4, 0.5) is 0 Å². The van der Waals surface area contributed by atoms with Gasteiger partial charge < -0.3 is 9.05 Å². The molecule has 0 unspecified atom stereocenters. The summed E-state index contributed by atoms with van der Waals surface area (Å²) in [6.07, 6.45) is 9.38. The minimum Gasteiger partial charge on any atom is -0.312 e. The van der Waals surface area contributed by atoms with Crippen molar-refractivity contribution >= 4 is 31.8 Å². The molecule has 0 amide bonds. The summed E-state index contributed by atoms with van der Waals surface area (Å²) in [5.74, 6) is 1.53. The third-order valence-electron chi connectivity index (χ3n) is 3.41. The van der Waals surface area contributed by atoms with E-state index in [4.69, 9.17) is 36.8 Å². The first kappa shape index (κ1) is 23.9. The third kappa shape index (κ3) is 19.1. The molecule has 0 radical (unpaired) electrons. The molecule has 23 heavy (non-hydrogen) atoms. The molecule has 0 spiro atoms. The molecular formula is C17H35Cl2O3P. The number of unbranched alkanes of at least 4 members (excludes halogenated alkanes) is 4. The first-order chi connectivity index (χ1) is 10.9. The lowest BCUT2D eigenvalue weighted by Crippen LogP contribution is -2.01. The first-order valence-electron chi connectivity index (χ1n) is 8.92. The number of alkyl halides is 2. The van der Waals surface area contributed by atoms with Crippen molar-refractivity contribution < 1.29 is 13.6 Å². The Morgan fingerprint density at radius 1 is 0.696 bits per heavy atom. The Morgan fingerprint density at radius 3 is 1.48 bits per heavy atom. The molecule has 0 bridgehead atoms. The standard InChI is InChI=1S/C17H35Cl2O3P/c1-15(2)11-7-5-9-13-20-23(22-17(18)19)21-14-10-6-8-12-16(3)4/h15-17H,5-14H2,1-4H3. The highest BCUT2D eigenvalue weighted by atomic mass is 35.5. The number of rotatable bonds is 16. The Bertz CT molecular complexity index is 234. The van der Waals surface area contributed by atoms with Crippen molar-refractivity contribution in [1.82, 2.24) is 0 Å². The molecular weight excluding hydrogens is 354 g/mol.